The molecule has 0 aromatic heterocycles. The molecule has 1 aliphatic rings. The molecule has 106 valence electrons. The van der Waals surface area contributed by atoms with Crippen molar-refractivity contribution in [2.45, 2.75) is 52.0 Å². The molecule has 19 heavy (non-hydrogen) atoms. The van der Waals surface area contributed by atoms with Gasteiger partial charge in [-0.1, -0.05) is 25.5 Å². The molecular weight excluding hydrogens is 234 g/mol. The average Bonchev–Trinajstić information content (AvgIpc) is 2.44. The quantitative estimate of drug-likeness (QED) is 0.783. The summed E-state index contributed by atoms with van der Waals surface area (Å²) in [5.74, 6) is 1.96. The first-order chi connectivity index (χ1) is 9.28. The van der Waals surface area contributed by atoms with Gasteiger partial charge in [0.05, 0.1) is 0 Å². The van der Waals surface area contributed by atoms with Crippen molar-refractivity contribution in [2.24, 2.45) is 5.92 Å². The topological polar surface area (TPSA) is 21.3 Å². The molecule has 0 atom stereocenters. The van der Waals surface area contributed by atoms with E-state index in [2.05, 4.69) is 31.3 Å². The van der Waals surface area contributed by atoms with E-state index >= 15 is 0 Å². The second-order valence-corrected chi connectivity index (χ2v) is 5.74. The van der Waals surface area contributed by atoms with E-state index in [1.54, 1.807) is 0 Å². The van der Waals surface area contributed by atoms with E-state index < -0.39 is 0 Å². The third-order valence-electron chi connectivity index (χ3n) is 4.22. The molecule has 0 saturated heterocycles. The van der Waals surface area contributed by atoms with Gasteiger partial charge in [-0.3, -0.25) is 0 Å². The predicted octanol–water partition coefficient (Wildman–Crippen LogP) is 3.93. The summed E-state index contributed by atoms with van der Waals surface area (Å²) < 4.78 is 5.76. The number of nitrogens with one attached hydrogen (secondary N) is 1. The van der Waals surface area contributed by atoms with E-state index in [9.17, 15) is 0 Å². The van der Waals surface area contributed by atoms with Crippen LogP contribution in [-0.4, -0.2) is 19.2 Å². The minimum Gasteiger partial charge on any atom is -0.492 e. The number of hydrogen-bond acceptors (Lipinski definition) is 2. The van der Waals surface area contributed by atoms with Crippen molar-refractivity contribution in [3.8, 4) is 5.75 Å². The Morgan fingerprint density at radius 3 is 2.68 bits per heavy atom. The summed E-state index contributed by atoms with van der Waals surface area (Å²) >= 11 is 0. The van der Waals surface area contributed by atoms with E-state index in [1.165, 1.54) is 37.7 Å². The first kappa shape index (κ1) is 14.4. The monoisotopic (exact) mass is 261 g/mol. The zero-order valence-corrected chi connectivity index (χ0v) is 12.3. The molecule has 0 unspecified atom stereocenters. The lowest BCUT2D eigenvalue weighted by atomic mass is 9.84. The maximum absolute atomic E-state index is 5.76. The van der Waals surface area contributed by atoms with E-state index in [0.717, 1.165) is 24.8 Å². The van der Waals surface area contributed by atoms with E-state index in [1.807, 2.05) is 12.1 Å². The summed E-state index contributed by atoms with van der Waals surface area (Å²) in [5.41, 5.74) is 1.25. The molecule has 0 bridgehead atoms. The van der Waals surface area contributed by atoms with Gasteiger partial charge in [-0.15, -0.1) is 0 Å². The lowest BCUT2D eigenvalue weighted by molar-refractivity contribution is 0.260. The summed E-state index contributed by atoms with van der Waals surface area (Å²) in [6.07, 6.45) is 6.81. The Kier molecular flexibility index (Phi) is 5.71. The molecule has 1 fully saturated rings. The lowest BCUT2D eigenvalue weighted by Gasteiger charge is -2.28. The zero-order valence-electron chi connectivity index (χ0n) is 12.3. The van der Waals surface area contributed by atoms with Gasteiger partial charge in [0.1, 0.15) is 12.4 Å². The molecule has 2 nitrogen and oxygen atoms in total. The predicted molar refractivity (Wildman–Crippen MR) is 80.7 cm³/mol. The molecular formula is C17H27NO. The molecule has 1 saturated carbocycles. The minimum absolute atomic E-state index is 0.712. The van der Waals surface area contributed by atoms with Crippen LogP contribution in [0.15, 0.2) is 24.3 Å². The van der Waals surface area contributed by atoms with Gasteiger partial charge in [0, 0.05) is 12.6 Å². The molecule has 0 aliphatic heterocycles. The van der Waals surface area contributed by atoms with Crippen LogP contribution in [0.3, 0.4) is 0 Å². The minimum atomic E-state index is 0.712. The summed E-state index contributed by atoms with van der Waals surface area (Å²) in [7, 11) is 0. The Labute approximate surface area is 117 Å². The Morgan fingerprint density at radius 1 is 1.21 bits per heavy atom. The highest BCUT2D eigenvalue weighted by Crippen LogP contribution is 2.26. The molecule has 0 spiro atoms. The number of aryl methyl sites for hydroxylation is 1. The second-order valence-electron chi connectivity index (χ2n) is 5.74. The first-order valence-corrected chi connectivity index (χ1v) is 7.70. The highest BCUT2D eigenvalue weighted by Gasteiger charge is 2.18. The lowest BCUT2D eigenvalue weighted by Crippen LogP contribution is -2.35. The van der Waals surface area contributed by atoms with Crippen molar-refractivity contribution in [1.82, 2.24) is 5.32 Å². The summed E-state index contributed by atoms with van der Waals surface area (Å²) in [6.45, 7) is 6.12. The third-order valence-corrected chi connectivity index (χ3v) is 4.22. The van der Waals surface area contributed by atoms with Crippen LogP contribution in [0.5, 0.6) is 5.75 Å². The van der Waals surface area contributed by atoms with Crippen molar-refractivity contribution < 1.29 is 4.74 Å². The Morgan fingerprint density at radius 2 is 2.00 bits per heavy atom. The molecule has 2 rings (SSSR count). The van der Waals surface area contributed by atoms with Crippen LogP contribution >= 0.6 is 0 Å². The Hall–Kier alpha value is -1.02. The number of benzene rings is 1. The molecule has 1 N–H and O–H groups in total. The van der Waals surface area contributed by atoms with Crippen LogP contribution in [0.4, 0.5) is 0 Å². The van der Waals surface area contributed by atoms with Crippen molar-refractivity contribution in [3.63, 3.8) is 0 Å². The highest BCUT2D eigenvalue weighted by molar-refractivity contribution is 5.27. The van der Waals surface area contributed by atoms with Crippen LogP contribution in [0, 0.1) is 12.8 Å². The van der Waals surface area contributed by atoms with Gasteiger partial charge in [0.25, 0.3) is 0 Å². The fourth-order valence-corrected chi connectivity index (χ4v) is 2.91. The zero-order chi connectivity index (χ0) is 13.5. The molecule has 1 aliphatic carbocycles. The largest absolute Gasteiger partial charge is 0.492 e. The standard InChI is InChI=1S/C17H27NO/c1-3-15-7-9-16(10-8-15)18-11-12-19-17-6-4-5-14(2)13-17/h4-6,13,15-16,18H,3,7-12H2,1-2H3. The van der Waals surface area contributed by atoms with Crippen molar-refractivity contribution in [1.29, 1.82) is 0 Å². The summed E-state index contributed by atoms with van der Waals surface area (Å²) in [4.78, 5) is 0. The van der Waals surface area contributed by atoms with Crippen LogP contribution in [0.2, 0.25) is 0 Å². The van der Waals surface area contributed by atoms with Crippen LogP contribution in [0.1, 0.15) is 44.6 Å². The van der Waals surface area contributed by atoms with Crippen molar-refractivity contribution >= 4 is 0 Å². The van der Waals surface area contributed by atoms with Gasteiger partial charge >= 0.3 is 0 Å². The van der Waals surface area contributed by atoms with Gasteiger partial charge in [0.2, 0.25) is 0 Å². The maximum Gasteiger partial charge on any atom is 0.119 e. The average molecular weight is 261 g/mol. The summed E-state index contributed by atoms with van der Waals surface area (Å²) in [6, 6.07) is 8.97. The van der Waals surface area contributed by atoms with Gasteiger partial charge in [-0.05, 0) is 56.2 Å². The fraction of sp³-hybridized carbons (Fsp3) is 0.647. The van der Waals surface area contributed by atoms with Gasteiger partial charge in [-0.25, -0.2) is 0 Å². The Bertz CT molecular complexity index is 369. The first-order valence-electron chi connectivity index (χ1n) is 7.70. The Balaban J connectivity index is 1.60. The SMILES string of the molecule is CCC1CCC(NCCOc2cccc(C)c2)CC1. The van der Waals surface area contributed by atoms with Crippen molar-refractivity contribution in [3.05, 3.63) is 29.8 Å². The molecule has 0 radical (unpaired) electrons. The second kappa shape index (κ2) is 7.54. The fourth-order valence-electron chi connectivity index (χ4n) is 2.91. The highest BCUT2D eigenvalue weighted by atomic mass is 16.5. The molecule has 0 amide bonds. The molecule has 0 heterocycles. The normalized spacial score (nSPS) is 23.3. The van der Waals surface area contributed by atoms with E-state index in [-0.39, 0.29) is 0 Å². The number of rotatable bonds is 6. The smallest absolute Gasteiger partial charge is 0.119 e. The van der Waals surface area contributed by atoms with Crippen molar-refractivity contribution in [2.75, 3.05) is 13.2 Å². The molecule has 1 aromatic carbocycles. The van der Waals surface area contributed by atoms with Crippen LogP contribution < -0.4 is 10.1 Å². The molecule has 1 aromatic rings. The van der Waals surface area contributed by atoms with Crippen LogP contribution in [0.25, 0.3) is 0 Å². The third kappa shape index (κ3) is 4.87. The van der Waals surface area contributed by atoms with Gasteiger partial charge in [0.15, 0.2) is 0 Å². The maximum atomic E-state index is 5.76. The van der Waals surface area contributed by atoms with Crippen LogP contribution in [-0.2, 0) is 0 Å². The number of ether oxygens (including phenoxy) is 1. The van der Waals surface area contributed by atoms with Gasteiger partial charge in [-0.2, -0.15) is 0 Å². The van der Waals surface area contributed by atoms with Gasteiger partial charge < -0.3 is 10.1 Å². The molecule has 2 heteroatoms. The van der Waals surface area contributed by atoms with E-state index in [0.29, 0.717) is 6.04 Å². The summed E-state index contributed by atoms with van der Waals surface area (Å²) in [5, 5.41) is 3.63. The van der Waals surface area contributed by atoms with E-state index in [4.69, 9.17) is 4.74 Å². The number of hydrogen-bond donors (Lipinski definition) is 1.